The van der Waals surface area contributed by atoms with Gasteiger partial charge < -0.3 is 11.5 Å². The molecule has 3 nitrogen and oxygen atoms in total. The summed E-state index contributed by atoms with van der Waals surface area (Å²) in [4.78, 5) is 12.3. The molecule has 1 atom stereocenters. The van der Waals surface area contributed by atoms with Crippen LogP contribution in [-0.2, 0) is 4.79 Å². The van der Waals surface area contributed by atoms with Gasteiger partial charge in [-0.05, 0) is 37.7 Å². The lowest BCUT2D eigenvalue weighted by molar-refractivity contribution is -0.122. The van der Waals surface area contributed by atoms with Crippen molar-refractivity contribution in [3.8, 4) is 0 Å². The van der Waals surface area contributed by atoms with E-state index in [1.807, 2.05) is 30.0 Å². The zero-order valence-corrected chi connectivity index (χ0v) is 11.0. The maximum atomic E-state index is 11.0. The lowest BCUT2D eigenvalue weighted by Gasteiger charge is -2.19. The number of amides is 1. The van der Waals surface area contributed by atoms with Crippen LogP contribution in [0.25, 0.3) is 0 Å². The number of nitrogens with two attached hydrogens (primary N) is 2. The van der Waals surface area contributed by atoms with Gasteiger partial charge in [0, 0.05) is 4.90 Å². The zero-order valence-electron chi connectivity index (χ0n) is 10.2. The maximum Gasteiger partial charge on any atom is 0.237 e. The average molecular weight is 252 g/mol. The Labute approximate surface area is 107 Å². The quantitative estimate of drug-likeness (QED) is 0.577. The van der Waals surface area contributed by atoms with Gasteiger partial charge >= 0.3 is 0 Å². The summed E-state index contributed by atoms with van der Waals surface area (Å²) in [6.07, 6.45) is 2.62. The lowest BCUT2D eigenvalue weighted by Crippen LogP contribution is -2.49. The van der Waals surface area contributed by atoms with E-state index in [4.69, 9.17) is 11.5 Å². The third-order valence-electron chi connectivity index (χ3n) is 2.67. The van der Waals surface area contributed by atoms with Gasteiger partial charge in [0.05, 0.1) is 5.54 Å². The Morgan fingerprint density at radius 2 is 1.94 bits per heavy atom. The first-order chi connectivity index (χ1) is 8.02. The predicted molar refractivity (Wildman–Crippen MR) is 72.8 cm³/mol. The molecule has 0 spiro atoms. The first-order valence-corrected chi connectivity index (χ1v) is 6.77. The van der Waals surface area contributed by atoms with E-state index in [1.165, 1.54) is 4.90 Å². The highest BCUT2D eigenvalue weighted by Crippen LogP contribution is 2.19. The van der Waals surface area contributed by atoms with Gasteiger partial charge in [0.15, 0.2) is 0 Å². The van der Waals surface area contributed by atoms with E-state index in [1.54, 1.807) is 6.92 Å². The van der Waals surface area contributed by atoms with E-state index in [0.717, 1.165) is 18.6 Å². The van der Waals surface area contributed by atoms with Crippen LogP contribution in [0.1, 0.15) is 26.2 Å². The summed E-state index contributed by atoms with van der Waals surface area (Å²) in [6.45, 7) is 1.69. The van der Waals surface area contributed by atoms with Crippen molar-refractivity contribution in [2.45, 2.75) is 36.6 Å². The van der Waals surface area contributed by atoms with Crippen molar-refractivity contribution < 1.29 is 4.79 Å². The number of benzene rings is 1. The minimum atomic E-state index is -0.864. The Morgan fingerprint density at radius 1 is 1.29 bits per heavy atom. The van der Waals surface area contributed by atoms with E-state index in [2.05, 4.69) is 12.1 Å². The van der Waals surface area contributed by atoms with Crippen LogP contribution < -0.4 is 11.5 Å². The highest BCUT2D eigenvalue weighted by molar-refractivity contribution is 7.99. The molecule has 0 aliphatic heterocycles. The summed E-state index contributed by atoms with van der Waals surface area (Å²) in [5.41, 5.74) is 10.1. The second-order valence-corrected chi connectivity index (χ2v) is 5.57. The van der Waals surface area contributed by atoms with Crippen molar-refractivity contribution >= 4 is 17.7 Å². The van der Waals surface area contributed by atoms with Crippen molar-refractivity contribution in [1.82, 2.24) is 0 Å². The molecule has 17 heavy (non-hydrogen) atoms. The number of hydrogen-bond acceptors (Lipinski definition) is 3. The van der Waals surface area contributed by atoms with Crippen molar-refractivity contribution in [1.29, 1.82) is 0 Å². The SMILES string of the molecule is CC(N)(CCCCSc1ccccc1)C(N)=O. The van der Waals surface area contributed by atoms with E-state index >= 15 is 0 Å². The minimum Gasteiger partial charge on any atom is -0.368 e. The first-order valence-electron chi connectivity index (χ1n) is 5.79. The largest absolute Gasteiger partial charge is 0.368 e. The standard InChI is InChI=1S/C13H20N2OS/c1-13(15,12(14)16)9-5-6-10-17-11-7-3-2-4-8-11/h2-4,7-8H,5-6,9-10,15H2,1H3,(H2,14,16). The van der Waals surface area contributed by atoms with E-state index in [9.17, 15) is 4.79 Å². The van der Waals surface area contributed by atoms with Crippen LogP contribution >= 0.6 is 11.8 Å². The molecular weight excluding hydrogens is 232 g/mol. The number of carbonyl (C=O) groups is 1. The first kappa shape index (κ1) is 14.1. The molecule has 0 bridgehead atoms. The van der Waals surface area contributed by atoms with Gasteiger partial charge in [-0.25, -0.2) is 0 Å². The molecule has 1 aromatic carbocycles. The summed E-state index contributed by atoms with van der Waals surface area (Å²) in [5.74, 6) is 0.618. The van der Waals surface area contributed by atoms with Crippen molar-refractivity contribution in [3.63, 3.8) is 0 Å². The highest BCUT2D eigenvalue weighted by atomic mass is 32.2. The number of hydrogen-bond donors (Lipinski definition) is 2. The molecule has 94 valence electrons. The normalized spacial score (nSPS) is 14.2. The van der Waals surface area contributed by atoms with Gasteiger partial charge in [-0.2, -0.15) is 0 Å². The third kappa shape index (κ3) is 5.24. The van der Waals surface area contributed by atoms with Crippen LogP contribution in [0.15, 0.2) is 35.2 Å². The molecule has 0 aliphatic carbocycles. The average Bonchev–Trinajstić information content (AvgIpc) is 2.29. The number of carbonyl (C=O) groups excluding carboxylic acids is 1. The molecule has 1 unspecified atom stereocenters. The topological polar surface area (TPSA) is 69.1 Å². The van der Waals surface area contributed by atoms with Crippen LogP contribution in [0.2, 0.25) is 0 Å². The van der Waals surface area contributed by atoms with Crippen LogP contribution in [0, 0.1) is 0 Å². The Hall–Kier alpha value is -1.00. The Balaban J connectivity index is 2.15. The smallest absolute Gasteiger partial charge is 0.237 e. The van der Waals surface area contributed by atoms with Crippen LogP contribution in [-0.4, -0.2) is 17.2 Å². The number of rotatable bonds is 7. The van der Waals surface area contributed by atoms with Crippen molar-refractivity contribution in [3.05, 3.63) is 30.3 Å². The zero-order chi connectivity index (χ0) is 12.7. The molecule has 0 fully saturated rings. The summed E-state index contributed by atoms with van der Waals surface area (Å²) in [6, 6.07) is 10.3. The summed E-state index contributed by atoms with van der Waals surface area (Å²) in [5, 5.41) is 0. The maximum absolute atomic E-state index is 11.0. The van der Waals surface area contributed by atoms with Crippen LogP contribution in [0.4, 0.5) is 0 Å². The minimum absolute atomic E-state index is 0.423. The summed E-state index contributed by atoms with van der Waals surface area (Å²) < 4.78 is 0. The highest BCUT2D eigenvalue weighted by Gasteiger charge is 2.24. The van der Waals surface area contributed by atoms with Crippen LogP contribution in [0.3, 0.4) is 0 Å². The van der Waals surface area contributed by atoms with Gasteiger partial charge in [-0.1, -0.05) is 24.6 Å². The molecule has 0 aliphatic rings. The van der Waals surface area contributed by atoms with Gasteiger partial charge in [0.25, 0.3) is 0 Å². The lowest BCUT2D eigenvalue weighted by atomic mass is 9.96. The third-order valence-corrected chi connectivity index (χ3v) is 3.76. The molecule has 1 amide bonds. The fraction of sp³-hybridized carbons (Fsp3) is 0.462. The molecule has 1 rings (SSSR count). The van der Waals surface area contributed by atoms with Crippen molar-refractivity contribution in [2.24, 2.45) is 11.5 Å². The van der Waals surface area contributed by atoms with Gasteiger partial charge in [0.2, 0.25) is 5.91 Å². The second-order valence-electron chi connectivity index (χ2n) is 4.40. The molecule has 0 radical (unpaired) electrons. The van der Waals surface area contributed by atoms with Crippen molar-refractivity contribution in [2.75, 3.05) is 5.75 Å². The molecule has 1 aromatic rings. The molecule has 0 aromatic heterocycles. The Morgan fingerprint density at radius 3 is 2.53 bits per heavy atom. The molecule has 0 heterocycles. The Kier molecular flexibility index (Phi) is 5.51. The molecule has 0 saturated carbocycles. The van der Waals surface area contributed by atoms with Gasteiger partial charge in [-0.3, -0.25) is 4.79 Å². The van der Waals surface area contributed by atoms with E-state index < -0.39 is 11.4 Å². The number of primary amides is 1. The summed E-state index contributed by atoms with van der Waals surface area (Å²) >= 11 is 1.82. The fourth-order valence-electron chi connectivity index (χ4n) is 1.42. The predicted octanol–water partition coefficient (Wildman–Crippen LogP) is 2.15. The van der Waals surface area contributed by atoms with E-state index in [0.29, 0.717) is 6.42 Å². The van der Waals surface area contributed by atoms with Gasteiger partial charge in [-0.15, -0.1) is 11.8 Å². The number of unbranched alkanes of at least 4 members (excludes halogenated alkanes) is 1. The summed E-state index contributed by atoms with van der Waals surface area (Å²) in [7, 11) is 0. The molecule has 0 saturated heterocycles. The monoisotopic (exact) mass is 252 g/mol. The van der Waals surface area contributed by atoms with Crippen LogP contribution in [0.5, 0.6) is 0 Å². The second kappa shape index (κ2) is 6.67. The molecular formula is C13H20N2OS. The Bertz CT molecular complexity index is 352. The number of thioether (sulfide) groups is 1. The fourth-order valence-corrected chi connectivity index (χ4v) is 2.36. The van der Waals surface area contributed by atoms with Gasteiger partial charge in [0.1, 0.15) is 0 Å². The molecule has 4 heteroatoms. The van der Waals surface area contributed by atoms with E-state index in [-0.39, 0.29) is 0 Å². The molecule has 4 N–H and O–H groups in total.